The first-order valence-corrected chi connectivity index (χ1v) is 8.19. The number of nitrogens with zero attached hydrogens (tertiary/aromatic N) is 2. The Balaban J connectivity index is 1.85. The Morgan fingerprint density at radius 2 is 2.04 bits per heavy atom. The van der Waals surface area contributed by atoms with Gasteiger partial charge in [-0.2, -0.15) is 0 Å². The van der Waals surface area contributed by atoms with Gasteiger partial charge in [0.2, 0.25) is 0 Å². The molecule has 1 aliphatic heterocycles. The molecule has 0 radical (unpaired) electrons. The Kier molecular flexibility index (Phi) is 4.73. The quantitative estimate of drug-likeness (QED) is 0.478. The number of aromatic nitrogens is 1. The van der Waals surface area contributed by atoms with Crippen molar-refractivity contribution in [1.29, 1.82) is 0 Å². The van der Waals surface area contributed by atoms with E-state index in [1.807, 2.05) is 12.1 Å². The van der Waals surface area contributed by atoms with E-state index in [1.54, 1.807) is 43.6 Å². The molecule has 0 spiro atoms. The van der Waals surface area contributed by atoms with Gasteiger partial charge in [-0.15, -0.1) is 0 Å². The molecule has 2 heterocycles. The third kappa shape index (κ3) is 3.22. The van der Waals surface area contributed by atoms with Crippen LogP contribution in [0.4, 0.5) is 0 Å². The number of methoxy groups -OCH3 is 1. The minimum atomic E-state index is -0.469. The third-order valence-corrected chi connectivity index (χ3v) is 4.62. The van der Waals surface area contributed by atoms with E-state index in [2.05, 4.69) is 4.98 Å². The summed E-state index contributed by atoms with van der Waals surface area (Å²) >= 11 is 6.30. The summed E-state index contributed by atoms with van der Waals surface area (Å²) < 4.78 is 5.32. The Morgan fingerprint density at radius 1 is 1.29 bits per heavy atom. The van der Waals surface area contributed by atoms with E-state index in [0.717, 1.165) is 28.0 Å². The summed E-state index contributed by atoms with van der Waals surface area (Å²) in [5.74, 6) is -0.162. The van der Waals surface area contributed by atoms with Crippen molar-refractivity contribution in [2.75, 3.05) is 7.11 Å². The normalized spacial score (nSPS) is 15.9. The number of ether oxygens (including phenoxy) is 1. The van der Waals surface area contributed by atoms with Crippen LogP contribution in [0.2, 0.25) is 0 Å². The van der Waals surface area contributed by atoms with Crippen LogP contribution in [0.5, 0.6) is 5.75 Å². The average molecular weight is 356 g/mol. The molecule has 0 atom stereocenters. The number of hydrogen-bond acceptors (Lipinski definition) is 6. The molecular weight excluding hydrogens is 344 g/mol. The van der Waals surface area contributed by atoms with Crippen molar-refractivity contribution in [3.8, 4) is 5.75 Å². The van der Waals surface area contributed by atoms with Gasteiger partial charge in [-0.25, -0.2) is 4.90 Å². The number of imide groups is 1. The minimum absolute atomic E-state index is 0.216. The Labute approximate surface area is 148 Å². The van der Waals surface area contributed by atoms with Crippen LogP contribution in [0, 0.1) is 0 Å². The second kappa shape index (κ2) is 6.94. The molecule has 0 bridgehead atoms. The number of amides is 2. The highest BCUT2D eigenvalue weighted by molar-refractivity contribution is 8.26. The van der Waals surface area contributed by atoms with Gasteiger partial charge in [-0.05, 0) is 35.9 Å². The molecule has 1 aromatic heterocycles. The first-order valence-electron chi connectivity index (χ1n) is 6.96. The van der Waals surface area contributed by atoms with Gasteiger partial charge in [-0.1, -0.05) is 36.1 Å². The Bertz CT molecular complexity index is 833. The summed E-state index contributed by atoms with van der Waals surface area (Å²) in [7, 11) is 1.59. The molecule has 1 aromatic carbocycles. The van der Waals surface area contributed by atoms with E-state index in [4.69, 9.17) is 17.0 Å². The summed E-state index contributed by atoms with van der Waals surface area (Å²) in [5, 5.41) is 0. The zero-order valence-electron chi connectivity index (χ0n) is 12.6. The fourth-order valence-corrected chi connectivity index (χ4v) is 3.37. The first-order chi connectivity index (χ1) is 11.6. The molecule has 7 heteroatoms. The molecule has 5 nitrogen and oxygen atoms in total. The Morgan fingerprint density at radius 3 is 2.67 bits per heavy atom. The molecule has 2 amide bonds. The maximum atomic E-state index is 12.5. The maximum Gasteiger partial charge on any atom is 0.273 e. The monoisotopic (exact) mass is 356 g/mol. The Hall–Kier alpha value is -2.51. The van der Waals surface area contributed by atoms with Crippen LogP contribution in [-0.4, -0.2) is 33.1 Å². The predicted octanol–water partition coefficient (Wildman–Crippen LogP) is 3.13. The number of pyridine rings is 1. The molecule has 0 N–H and O–H groups in total. The second-order valence-corrected chi connectivity index (χ2v) is 6.51. The molecule has 24 heavy (non-hydrogen) atoms. The van der Waals surface area contributed by atoms with Crippen molar-refractivity contribution < 1.29 is 14.3 Å². The molecule has 2 aromatic rings. The largest absolute Gasteiger partial charge is 0.497 e. The van der Waals surface area contributed by atoms with Crippen LogP contribution in [0.3, 0.4) is 0 Å². The maximum absolute atomic E-state index is 12.5. The van der Waals surface area contributed by atoms with Gasteiger partial charge in [0.25, 0.3) is 11.8 Å². The van der Waals surface area contributed by atoms with Gasteiger partial charge in [0, 0.05) is 12.4 Å². The first kappa shape index (κ1) is 16.4. The zero-order chi connectivity index (χ0) is 17.1. The van der Waals surface area contributed by atoms with Gasteiger partial charge in [0.05, 0.1) is 17.6 Å². The number of benzene rings is 1. The van der Waals surface area contributed by atoms with E-state index in [0.29, 0.717) is 10.5 Å². The molecule has 0 saturated carbocycles. The highest BCUT2D eigenvalue weighted by atomic mass is 32.2. The topological polar surface area (TPSA) is 59.5 Å². The summed E-state index contributed by atoms with van der Waals surface area (Å²) in [6, 6.07) is 10.5. The van der Waals surface area contributed by atoms with E-state index in [9.17, 15) is 9.59 Å². The summed E-state index contributed by atoms with van der Waals surface area (Å²) in [4.78, 5) is 30.3. The van der Waals surface area contributed by atoms with Gasteiger partial charge in [-0.3, -0.25) is 14.6 Å². The molecule has 0 aliphatic carbocycles. The number of rotatable bonds is 3. The highest BCUT2D eigenvalue weighted by Crippen LogP contribution is 2.33. The molecule has 3 rings (SSSR count). The van der Waals surface area contributed by atoms with E-state index in [1.165, 1.54) is 6.20 Å². The smallest absolute Gasteiger partial charge is 0.273 e. The highest BCUT2D eigenvalue weighted by Gasteiger charge is 2.37. The van der Waals surface area contributed by atoms with Crippen molar-refractivity contribution in [2.45, 2.75) is 0 Å². The second-order valence-electron chi connectivity index (χ2n) is 4.84. The number of carbonyl (C=O) groups excluding carboxylic acids is 2. The lowest BCUT2D eigenvalue weighted by Crippen LogP contribution is -2.34. The number of thiocarbonyl (C=S) groups is 1. The zero-order valence-corrected chi connectivity index (χ0v) is 14.3. The molecule has 1 saturated heterocycles. The van der Waals surface area contributed by atoms with Gasteiger partial charge < -0.3 is 4.74 Å². The average Bonchev–Trinajstić information content (AvgIpc) is 2.89. The fraction of sp³-hybridized carbons (Fsp3) is 0.0588. The van der Waals surface area contributed by atoms with Crippen molar-refractivity contribution >= 4 is 46.2 Å². The van der Waals surface area contributed by atoms with E-state index >= 15 is 0 Å². The summed E-state index contributed by atoms with van der Waals surface area (Å²) in [6.45, 7) is 0. The van der Waals surface area contributed by atoms with Crippen LogP contribution in [0.25, 0.3) is 6.08 Å². The van der Waals surface area contributed by atoms with Crippen LogP contribution in [0.15, 0.2) is 53.7 Å². The van der Waals surface area contributed by atoms with Crippen LogP contribution in [-0.2, 0) is 4.79 Å². The van der Waals surface area contributed by atoms with E-state index in [-0.39, 0.29) is 4.32 Å². The van der Waals surface area contributed by atoms with Crippen LogP contribution in [0.1, 0.15) is 15.9 Å². The minimum Gasteiger partial charge on any atom is -0.497 e. The molecule has 1 aliphatic rings. The molecular formula is C17H12N2O3S2. The lowest BCUT2D eigenvalue weighted by molar-refractivity contribution is -0.120. The standard InChI is InChI=1S/C17H12N2O3S2/c1-22-13-6-4-11(5-7-13)9-14-16(21)19(17(23)24-14)15(20)12-3-2-8-18-10-12/h2-10H,1H3/b14-9-. The summed E-state index contributed by atoms with van der Waals surface area (Å²) in [6.07, 6.45) is 4.67. The third-order valence-electron chi connectivity index (χ3n) is 3.32. The van der Waals surface area contributed by atoms with Gasteiger partial charge >= 0.3 is 0 Å². The van der Waals surface area contributed by atoms with Crippen molar-refractivity contribution in [3.63, 3.8) is 0 Å². The van der Waals surface area contributed by atoms with E-state index < -0.39 is 11.8 Å². The molecule has 120 valence electrons. The molecule has 1 fully saturated rings. The van der Waals surface area contributed by atoms with Gasteiger partial charge in [0.1, 0.15) is 5.75 Å². The van der Waals surface area contributed by atoms with Crippen molar-refractivity contribution in [2.24, 2.45) is 0 Å². The SMILES string of the molecule is COc1ccc(/C=C2\SC(=S)N(C(=O)c3cccnc3)C2=O)cc1. The predicted molar refractivity (Wildman–Crippen MR) is 96.6 cm³/mol. The lowest BCUT2D eigenvalue weighted by Gasteiger charge is -2.11. The summed E-state index contributed by atoms with van der Waals surface area (Å²) in [5.41, 5.74) is 1.14. The van der Waals surface area contributed by atoms with Crippen LogP contribution >= 0.6 is 24.0 Å². The van der Waals surface area contributed by atoms with Gasteiger partial charge in [0.15, 0.2) is 4.32 Å². The van der Waals surface area contributed by atoms with Crippen molar-refractivity contribution in [1.82, 2.24) is 9.88 Å². The number of hydrogen-bond donors (Lipinski definition) is 0. The van der Waals surface area contributed by atoms with Crippen LogP contribution < -0.4 is 4.74 Å². The molecule has 0 unspecified atom stereocenters. The lowest BCUT2D eigenvalue weighted by atomic mass is 10.2. The number of thioether (sulfide) groups is 1. The van der Waals surface area contributed by atoms with Crippen molar-refractivity contribution in [3.05, 3.63) is 64.8 Å². The fourth-order valence-electron chi connectivity index (χ4n) is 2.11. The number of carbonyl (C=O) groups is 2.